The van der Waals surface area contributed by atoms with E-state index in [1.54, 1.807) is 0 Å². The molecule has 1 saturated carbocycles. The van der Waals surface area contributed by atoms with Crippen LogP contribution >= 0.6 is 0 Å². The highest BCUT2D eigenvalue weighted by atomic mass is 15.3. The van der Waals surface area contributed by atoms with Crippen molar-refractivity contribution in [3.05, 3.63) is 36.4 Å². The number of anilines is 2. The van der Waals surface area contributed by atoms with Crippen LogP contribution in [0.15, 0.2) is 36.4 Å². The summed E-state index contributed by atoms with van der Waals surface area (Å²) in [6.45, 7) is 2.28. The van der Waals surface area contributed by atoms with Crippen molar-refractivity contribution >= 4 is 11.6 Å². The van der Waals surface area contributed by atoms with Gasteiger partial charge in [-0.05, 0) is 18.8 Å². The molecule has 1 aliphatic carbocycles. The lowest BCUT2D eigenvalue weighted by Gasteiger charge is -2.18. The molecule has 3 rings (SSSR count). The van der Waals surface area contributed by atoms with Crippen LogP contribution in [0.2, 0.25) is 0 Å². The van der Waals surface area contributed by atoms with Crippen LogP contribution < -0.4 is 16.6 Å². The first-order valence-electron chi connectivity index (χ1n) is 7.44. The smallest absolute Gasteiger partial charge is 0.163 e. The highest BCUT2D eigenvalue weighted by molar-refractivity contribution is 5.61. The quantitative estimate of drug-likeness (QED) is 0.594. The third-order valence-electron chi connectivity index (χ3n) is 4.10. The van der Waals surface area contributed by atoms with Gasteiger partial charge in [0.1, 0.15) is 11.6 Å². The Hall–Kier alpha value is -2.14. The maximum atomic E-state index is 5.53. The maximum Gasteiger partial charge on any atom is 0.163 e. The molecule has 0 spiro atoms. The number of rotatable bonds is 4. The molecule has 0 radical (unpaired) electrons. The summed E-state index contributed by atoms with van der Waals surface area (Å²) >= 11 is 0. The van der Waals surface area contributed by atoms with Gasteiger partial charge in [0.15, 0.2) is 5.82 Å². The van der Waals surface area contributed by atoms with Crippen LogP contribution in [0, 0.1) is 5.92 Å². The summed E-state index contributed by atoms with van der Waals surface area (Å²) in [5.41, 5.74) is 3.61. The molecule has 1 aromatic heterocycles. The summed E-state index contributed by atoms with van der Waals surface area (Å²) in [5.74, 6) is 8.34. The molecule has 4 N–H and O–H groups in total. The Labute approximate surface area is 125 Å². The first kappa shape index (κ1) is 13.8. The Morgan fingerprint density at radius 2 is 1.86 bits per heavy atom. The molecule has 2 atom stereocenters. The van der Waals surface area contributed by atoms with Crippen LogP contribution in [0.3, 0.4) is 0 Å². The first-order valence-corrected chi connectivity index (χ1v) is 7.44. The van der Waals surface area contributed by atoms with Gasteiger partial charge in [0, 0.05) is 17.7 Å². The van der Waals surface area contributed by atoms with Crippen LogP contribution in [0.25, 0.3) is 11.4 Å². The van der Waals surface area contributed by atoms with Crippen LogP contribution in [-0.2, 0) is 0 Å². The summed E-state index contributed by atoms with van der Waals surface area (Å²) in [7, 11) is 0. The van der Waals surface area contributed by atoms with E-state index < -0.39 is 0 Å². The fourth-order valence-electron chi connectivity index (χ4n) is 2.86. The molecule has 1 aromatic carbocycles. The lowest BCUT2D eigenvalue weighted by molar-refractivity contribution is 0.555. The monoisotopic (exact) mass is 283 g/mol. The average molecular weight is 283 g/mol. The van der Waals surface area contributed by atoms with Gasteiger partial charge in [-0.2, -0.15) is 0 Å². The molecule has 0 bridgehead atoms. The minimum Gasteiger partial charge on any atom is -0.367 e. The van der Waals surface area contributed by atoms with E-state index in [0.29, 0.717) is 23.6 Å². The van der Waals surface area contributed by atoms with E-state index in [4.69, 9.17) is 5.84 Å². The third-order valence-corrected chi connectivity index (χ3v) is 4.10. The number of hydrazine groups is 1. The number of benzene rings is 1. The maximum absolute atomic E-state index is 5.53. The molecule has 0 aliphatic heterocycles. The molecular weight excluding hydrogens is 262 g/mol. The van der Waals surface area contributed by atoms with E-state index >= 15 is 0 Å². The molecular formula is C16H21N5. The number of nitrogens with zero attached hydrogens (tertiary/aromatic N) is 2. The normalized spacial score (nSPS) is 21.2. The number of hydrogen-bond donors (Lipinski definition) is 3. The molecule has 2 unspecified atom stereocenters. The molecule has 1 fully saturated rings. The van der Waals surface area contributed by atoms with Gasteiger partial charge in [0.25, 0.3) is 0 Å². The summed E-state index contributed by atoms with van der Waals surface area (Å²) in [4.78, 5) is 9.06. The van der Waals surface area contributed by atoms with Gasteiger partial charge in [0.2, 0.25) is 0 Å². The number of nitrogens with two attached hydrogens (primary N) is 1. The van der Waals surface area contributed by atoms with Crippen LogP contribution in [0.4, 0.5) is 11.6 Å². The van der Waals surface area contributed by atoms with Crippen molar-refractivity contribution < 1.29 is 0 Å². The highest BCUT2D eigenvalue weighted by Crippen LogP contribution is 2.28. The van der Waals surface area contributed by atoms with Gasteiger partial charge in [-0.15, -0.1) is 0 Å². The van der Waals surface area contributed by atoms with Crippen molar-refractivity contribution in [1.29, 1.82) is 0 Å². The average Bonchev–Trinajstić information content (AvgIpc) is 2.93. The number of aromatic nitrogens is 2. The SMILES string of the molecule is CC1CCCC1Nc1cc(NN)nc(-c2ccccc2)n1. The Morgan fingerprint density at radius 3 is 2.52 bits per heavy atom. The highest BCUT2D eigenvalue weighted by Gasteiger charge is 2.23. The second-order valence-corrected chi connectivity index (χ2v) is 5.63. The number of hydrogen-bond acceptors (Lipinski definition) is 5. The largest absolute Gasteiger partial charge is 0.367 e. The standard InChI is InChI=1S/C16H21N5/c1-11-6-5-9-13(11)18-14-10-15(21-17)20-16(19-14)12-7-3-2-4-8-12/h2-4,7-8,10-11,13H,5-6,9,17H2,1H3,(H2,18,19,20,21). The minimum atomic E-state index is 0.481. The molecule has 5 heteroatoms. The lowest BCUT2D eigenvalue weighted by atomic mass is 10.1. The Kier molecular flexibility index (Phi) is 4.01. The fourth-order valence-corrected chi connectivity index (χ4v) is 2.86. The van der Waals surface area contributed by atoms with E-state index in [9.17, 15) is 0 Å². The minimum absolute atomic E-state index is 0.481. The van der Waals surface area contributed by atoms with E-state index in [-0.39, 0.29) is 0 Å². The zero-order chi connectivity index (χ0) is 14.7. The Bertz CT molecular complexity index is 599. The van der Waals surface area contributed by atoms with Gasteiger partial charge in [0.05, 0.1) is 0 Å². The molecule has 110 valence electrons. The molecule has 0 saturated heterocycles. The zero-order valence-corrected chi connectivity index (χ0v) is 12.2. The third kappa shape index (κ3) is 3.13. The van der Waals surface area contributed by atoms with E-state index in [1.165, 1.54) is 19.3 Å². The van der Waals surface area contributed by atoms with Crippen LogP contribution in [0.1, 0.15) is 26.2 Å². The van der Waals surface area contributed by atoms with Crippen LogP contribution in [0.5, 0.6) is 0 Å². The Morgan fingerprint density at radius 1 is 1.10 bits per heavy atom. The van der Waals surface area contributed by atoms with Crippen molar-refractivity contribution in [2.75, 3.05) is 10.7 Å². The van der Waals surface area contributed by atoms with Crippen molar-refractivity contribution in [2.24, 2.45) is 11.8 Å². The van der Waals surface area contributed by atoms with Gasteiger partial charge in [-0.1, -0.05) is 43.7 Å². The predicted molar refractivity (Wildman–Crippen MR) is 85.7 cm³/mol. The summed E-state index contributed by atoms with van der Waals surface area (Å²) in [6.07, 6.45) is 3.74. The molecule has 1 aliphatic rings. The first-order chi connectivity index (χ1) is 10.3. The van der Waals surface area contributed by atoms with Crippen molar-refractivity contribution in [3.63, 3.8) is 0 Å². The van der Waals surface area contributed by atoms with Crippen LogP contribution in [-0.4, -0.2) is 16.0 Å². The number of nitrogens with one attached hydrogen (secondary N) is 2. The molecule has 1 heterocycles. The van der Waals surface area contributed by atoms with Gasteiger partial charge >= 0.3 is 0 Å². The molecule has 2 aromatic rings. The second kappa shape index (κ2) is 6.10. The predicted octanol–water partition coefficient (Wildman–Crippen LogP) is 3.03. The summed E-state index contributed by atoms with van der Waals surface area (Å²) < 4.78 is 0. The van der Waals surface area contributed by atoms with E-state index in [1.807, 2.05) is 36.4 Å². The number of nitrogen functional groups attached to an aromatic ring is 1. The lowest BCUT2D eigenvalue weighted by Crippen LogP contribution is -2.23. The van der Waals surface area contributed by atoms with Crippen molar-refractivity contribution in [2.45, 2.75) is 32.2 Å². The Balaban J connectivity index is 1.90. The van der Waals surface area contributed by atoms with Crippen molar-refractivity contribution in [1.82, 2.24) is 9.97 Å². The second-order valence-electron chi connectivity index (χ2n) is 5.63. The molecule has 5 nitrogen and oxygen atoms in total. The van der Waals surface area contributed by atoms with E-state index in [2.05, 4.69) is 27.6 Å². The molecule has 0 amide bonds. The van der Waals surface area contributed by atoms with Gasteiger partial charge in [-0.25, -0.2) is 15.8 Å². The fraction of sp³-hybridized carbons (Fsp3) is 0.375. The molecule has 21 heavy (non-hydrogen) atoms. The van der Waals surface area contributed by atoms with Gasteiger partial charge < -0.3 is 10.7 Å². The van der Waals surface area contributed by atoms with Crippen molar-refractivity contribution in [3.8, 4) is 11.4 Å². The summed E-state index contributed by atoms with van der Waals surface area (Å²) in [5, 5.41) is 3.53. The van der Waals surface area contributed by atoms with E-state index in [0.717, 1.165) is 11.4 Å². The topological polar surface area (TPSA) is 75.9 Å². The summed E-state index contributed by atoms with van der Waals surface area (Å²) in [6, 6.07) is 12.3. The van der Waals surface area contributed by atoms with Gasteiger partial charge in [-0.3, -0.25) is 0 Å². The zero-order valence-electron chi connectivity index (χ0n) is 12.2.